The highest BCUT2D eigenvalue weighted by molar-refractivity contribution is 5.78. The highest BCUT2D eigenvalue weighted by Crippen LogP contribution is 2.26. The van der Waals surface area contributed by atoms with Gasteiger partial charge in [-0.25, -0.2) is 4.98 Å². The van der Waals surface area contributed by atoms with E-state index in [1.54, 1.807) is 7.11 Å². The third-order valence-electron chi connectivity index (χ3n) is 4.74. The van der Waals surface area contributed by atoms with Crippen LogP contribution in [0.5, 0.6) is 0 Å². The zero-order valence-corrected chi connectivity index (χ0v) is 15.8. The van der Waals surface area contributed by atoms with E-state index in [0.29, 0.717) is 18.7 Å². The smallest absolute Gasteiger partial charge is 0.226 e. The van der Waals surface area contributed by atoms with Crippen molar-refractivity contribution in [1.82, 2.24) is 4.98 Å². The Bertz CT molecular complexity index is 1140. The van der Waals surface area contributed by atoms with Crippen molar-refractivity contribution in [3.8, 4) is 17.5 Å². The number of hydrogen-bond acceptors (Lipinski definition) is 5. The van der Waals surface area contributed by atoms with Gasteiger partial charge in [0.25, 0.3) is 0 Å². The predicted octanol–water partition coefficient (Wildman–Crippen LogP) is 5.07. The van der Waals surface area contributed by atoms with Gasteiger partial charge in [0.15, 0.2) is 0 Å². The maximum Gasteiger partial charge on any atom is 0.226 e. The molecule has 4 aromatic rings. The Morgan fingerprint density at radius 2 is 1.93 bits per heavy atom. The van der Waals surface area contributed by atoms with E-state index in [0.717, 1.165) is 39.3 Å². The zero-order valence-electron chi connectivity index (χ0n) is 15.8. The highest BCUT2D eigenvalue weighted by atomic mass is 16.5. The molecule has 0 bridgehead atoms. The molecule has 0 aliphatic heterocycles. The predicted molar refractivity (Wildman–Crippen MR) is 106 cm³/mol. The molecular weight excluding hydrogens is 352 g/mol. The highest BCUT2D eigenvalue weighted by Gasteiger charge is 2.15. The van der Waals surface area contributed by atoms with Gasteiger partial charge in [-0.2, -0.15) is 5.26 Å². The maximum atomic E-state index is 9.07. The second-order valence-electron chi connectivity index (χ2n) is 6.71. The summed E-state index contributed by atoms with van der Waals surface area (Å²) in [5, 5.41) is 10.1. The van der Waals surface area contributed by atoms with Crippen LogP contribution in [0.2, 0.25) is 0 Å². The molecule has 0 saturated heterocycles. The van der Waals surface area contributed by atoms with Crippen LogP contribution in [0, 0.1) is 18.3 Å². The number of aryl methyl sites for hydroxylation is 1. The number of ether oxygens (including phenoxy) is 1. The molecule has 1 atom stereocenters. The lowest BCUT2D eigenvalue weighted by Gasteiger charge is -2.06. The fourth-order valence-corrected chi connectivity index (χ4v) is 3.22. The zero-order chi connectivity index (χ0) is 19.5. The number of nitriles is 1. The van der Waals surface area contributed by atoms with E-state index in [-0.39, 0.29) is 0 Å². The Morgan fingerprint density at radius 3 is 2.68 bits per heavy atom. The minimum absolute atomic E-state index is 0.446. The maximum absolute atomic E-state index is 9.07. The Morgan fingerprint density at radius 1 is 1.11 bits per heavy atom. The number of oxazole rings is 1. The molecule has 4 rings (SSSR count). The molecule has 28 heavy (non-hydrogen) atoms. The first-order valence-corrected chi connectivity index (χ1v) is 9.11. The van der Waals surface area contributed by atoms with E-state index in [1.807, 2.05) is 61.5 Å². The molecular formula is C23H20N2O3. The monoisotopic (exact) mass is 372 g/mol. The molecule has 0 aliphatic rings. The molecule has 0 spiro atoms. The number of nitrogens with zero attached hydrogens (tertiary/aromatic N) is 2. The molecule has 2 aromatic carbocycles. The van der Waals surface area contributed by atoms with Crippen LogP contribution in [0.1, 0.15) is 22.8 Å². The summed E-state index contributed by atoms with van der Waals surface area (Å²) in [6, 6.07) is 20.0. The summed E-state index contributed by atoms with van der Waals surface area (Å²) < 4.78 is 17.0. The van der Waals surface area contributed by atoms with E-state index in [9.17, 15) is 0 Å². The minimum Gasteiger partial charge on any atom is -0.461 e. The van der Waals surface area contributed by atoms with Gasteiger partial charge in [-0.1, -0.05) is 24.3 Å². The molecule has 0 saturated carbocycles. The molecule has 0 radical (unpaired) electrons. The minimum atomic E-state index is -0.446. The largest absolute Gasteiger partial charge is 0.461 e. The molecule has 2 aromatic heterocycles. The molecule has 1 unspecified atom stereocenters. The molecule has 5 heteroatoms. The summed E-state index contributed by atoms with van der Waals surface area (Å²) in [7, 11) is 1.55. The van der Waals surface area contributed by atoms with Crippen molar-refractivity contribution in [3.05, 3.63) is 77.4 Å². The summed E-state index contributed by atoms with van der Waals surface area (Å²) in [4.78, 5) is 4.65. The average Bonchev–Trinajstić information content (AvgIpc) is 3.29. The van der Waals surface area contributed by atoms with Gasteiger partial charge in [0.05, 0.1) is 18.2 Å². The molecule has 0 aliphatic carbocycles. The first-order valence-electron chi connectivity index (χ1n) is 9.11. The van der Waals surface area contributed by atoms with Crippen molar-refractivity contribution in [3.63, 3.8) is 0 Å². The van der Waals surface area contributed by atoms with Gasteiger partial charge in [-0.15, -0.1) is 0 Å². The summed E-state index contributed by atoms with van der Waals surface area (Å²) in [6.45, 7) is 1.92. The Labute approximate surface area is 163 Å². The Hall–Kier alpha value is -3.36. The van der Waals surface area contributed by atoms with Crippen LogP contribution < -0.4 is 0 Å². The summed E-state index contributed by atoms with van der Waals surface area (Å²) in [5.41, 5.74) is 3.67. The van der Waals surface area contributed by atoms with Crippen LogP contribution in [-0.4, -0.2) is 18.2 Å². The molecule has 0 fully saturated rings. The molecule has 2 heterocycles. The van der Waals surface area contributed by atoms with E-state index in [2.05, 4.69) is 11.1 Å². The van der Waals surface area contributed by atoms with E-state index >= 15 is 0 Å². The van der Waals surface area contributed by atoms with Crippen LogP contribution in [0.3, 0.4) is 0 Å². The standard InChI is InChI=1S/C23H20N2O3/c1-15-21(25-23(27-15)17-6-4-3-5-7-17)13-19-12-18-10-16(8-9-22(18)28-19)11-20(14-24)26-2/h3-10,12,20H,11,13H2,1-2H3. The third-order valence-corrected chi connectivity index (χ3v) is 4.74. The van der Waals surface area contributed by atoms with Gasteiger partial charge in [-0.05, 0) is 42.8 Å². The normalized spacial score (nSPS) is 12.2. The third kappa shape index (κ3) is 3.68. The number of hydrogen-bond donors (Lipinski definition) is 0. The first kappa shape index (κ1) is 18.0. The number of aromatic nitrogens is 1. The van der Waals surface area contributed by atoms with Gasteiger partial charge in [0.2, 0.25) is 5.89 Å². The molecule has 0 amide bonds. The fourth-order valence-electron chi connectivity index (χ4n) is 3.22. The van der Waals surface area contributed by atoms with Gasteiger partial charge in [0.1, 0.15) is 23.2 Å². The lowest BCUT2D eigenvalue weighted by Crippen LogP contribution is -2.10. The summed E-state index contributed by atoms with van der Waals surface area (Å²) in [5.74, 6) is 2.23. The van der Waals surface area contributed by atoms with Crippen molar-refractivity contribution in [2.45, 2.75) is 25.9 Å². The van der Waals surface area contributed by atoms with Crippen molar-refractivity contribution >= 4 is 11.0 Å². The quantitative estimate of drug-likeness (QED) is 0.472. The van der Waals surface area contributed by atoms with Crippen LogP contribution in [0.4, 0.5) is 0 Å². The van der Waals surface area contributed by atoms with Crippen molar-refractivity contribution in [2.24, 2.45) is 0 Å². The second-order valence-corrected chi connectivity index (χ2v) is 6.71. The van der Waals surface area contributed by atoms with Gasteiger partial charge >= 0.3 is 0 Å². The SMILES string of the molecule is COC(C#N)Cc1ccc2oc(Cc3nc(-c4ccccc4)oc3C)cc2c1. The lowest BCUT2D eigenvalue weighted by atomic mass is 10.1. The summed E-state index contributed by atoms with van der Waals surface area (Å²) >= 11 is 0. The second kappa shape index (κ2) is 7.71. The number of benzene rings is 2. The van der Waals surface area contributed by atoms with Crippen LogP contribution >= 0.6 is 0 Å². The van der Waals surface area contributed by atoms with Gasteiger partial charge in [-0.3, -0.25) is 0 Å². The van der Waals surface area contributed by atoms with Crippen molar-refractivity contribution < 1.29 is 13.6 Å². The van der Waals surface area contributed by atoms with Gasteiger partial charge in [0, 0.05) is 24.5 Å². The van der Waals surface area contributed by atoms with Crippen molar-refractivity contribution in [1.29, 1.82) is 5.26 Å². The number of methoxy groups -OCH3 is 1. The van der Waals surface area contributed by atoms with E-state index in [4.69, 9.17) is 18.8 Å². The van der Waals surface area contributed by atoms with E-state index in [1.165, 1.54) is 0 Å². The fraction of sp³-hybridized carbons (Fsp3) is 0.217. The first-order chi connectivity index (χ1) is 13.7. The Kier molecular flexibility index (Phi) is 4.96. The topological polar surface area (TPSA) is 72.2 Å². The summed E-state index contributed by atoms with van der Waals surface area (Å²) in [6.07, 6.45) is 0.662. The molecule has 140 valence electrons. The van der Waals surface area contributed by atoms with Gasteiger partial charge < -0.3 is 13.6 Å². The van der Waals surface area contributed by atoms with Crippen LogP contribution in [0.15, 0.2) is 63.4 Å². The van der Waals surface area contributed by atoms with E-state index < -0.39 is 6.10 Å². The number of furan rings is 1. The Balaban J connectivity index is 1.57. The number of fused-ring (bicyclic) bond motifs is 1. The van der Waals surface area contributed by atoms with Crippen molar-refractivity contribution in [2.75, 3.05) is 7.11 Å². The lowest BCUT2D eigenvalue weighted by molar-refractivity contribution is 0.147. The average molecular weight is 372 g/mol. The van der Waals surface area contributed by atoms with Crippen LogP contribution in [0.25, 0.3) is 22.4 Å². The molecule has 5 nitrogen and oxygen atoms in total. The molecule has 0 N–H and O–H groups in total. The number of rotatable bonds is 6. The van der Waals surface area contributed by atoms with Crippen LogP contribution in [-0.2, 0) is 17.6 Å².